The Hall–Kier alpha value is -1.90. The van der Waals surface area contributed by atoms with Crippen LogP contribution in [0.5, 0.6) is 0 Å². The van der Waals surface area contributed by atoms with Crippen molar-refractivity contribution in [3.63, 3.8) is 0 Å². The minimum absolute atomic E-state index is 0.178. The minimum Gasteiger partial charge on any atom is -0.399 e. The van der Waals surface area contributed by atoms with E-state index in [1.54, 1.807) is 42.7 Å². The molecular formula is C15H23FN2. The lowest BCUT2D eigenvalue weighted by atomic mass is 10.4. The third-order valence-electron chi connectivity index (χ3n) is 1.44. The Balaban J connectivity index is 0. The smallest absolute Gasteiger partial charge is 0.123 e. The Morgan fingerprint density at radius 3 is 1.50 bits per heavy atom. The first-order valence-corrected chi connectivity index (χ1v) is 6.15. The summed E-state index contributed by atoms with van der Waals surface area (Å²) < 4.78 is 11.9. The zero-order chi connectivity index (χ0) is 14.2. The molecule has 2 rings (SSSR count). The van der Waals surface area contributed by atoms with Crippen molar-refractivity contribution < 1.29 is 4.39 Å². The van der Waals surface area contributed by atoms with Crippen molar-refractivity contribution in [1.29, 1.82) is 0 Å². The van der Waals surface area contributed by atoms with Gasteiger partial charge in [-0.25, -0.2) is 4.39 Å². The number of nitrogen functional groups attached to an aromatic ring is 1. The molecule has 0 atom stereocenters. The molecular weight excluding hydrogens is 227 g/mol. The number of nitrogens with two attached hydrogens (primary N) is 1. The van der Waals surface area contributed by atoms with Crippen molar-refractivity contribution in [3.8, 4) is 0 Å². The fourth-order valence-corrected chi connectivity index (χ4v) is 0.778. The second kappa shape index (κ2) is 15.1. The lowest BCUT2D eigenvalue weighted by Gasteiger charge is -1.83. The SMILES string of the molecule is CC.CC.Fc1ccccc1.Nc1ccncc1. The first-order chi connectivity index (χ1) is 8.79. The summed E-state index contributed by atoms with van der Waals surface area (Å²) in [5.41, 5.74) is 6.08. The Bertz CT molecular complexity index is 312. The standard InChI is InChI=1S/C6H5F.C5H6N2.2C2H6/c7-6-4-2-1-3-5-6;6-5-1-3-7-4-2-5;2*1-2/h1-5H;1-4H,(H2,6,7);2*1-2H3. The number of benzene rings is 1. The third kappa shape index (κ3) is 12.2. The molecule has 0 aliphatic heterocycles. The van der Waals surface area contributed by atoms with Crippen molar-refractivity contribution in [3.05, 3.63) is 60.7 Å². The molecule has 0 aliphatic carbocycles. The Morgan fingerprint density at radius 2 is 1.28 bits per heavy atom. The number of hydrogen-bond donors (Lipinski definition) is 1. The zero-order valence-electron chi connectivity index (χ0n) is 11.6. The van der Waals surface area contributed by atoms with E-state index >= 15 is 0 Å². The van der Waals surface area contributed by atoms with Gasteiger partial charge in [-0.2, -0.15) is 0 Å². The number of anilines is 1. The van der Waals surface area contributed by atoms with Crippen LogP contribution in [0.1, 0.15) is 27.7 Å². The maximum absolute atomic E-state index is 11.9. The van der Waals surface area contributed by atoms with Gasteiger partial charge in [0.05, 0.1) is 0 Å². The number of pyridine rings is 1. The molecule has 0 saturated heterocycles. The molecule has 1 aromatic carbocycles. The van der Waals surface area contributed by atoms with Crippen molar-refractivity contribution in [2.75, 3.05) is 5.73 Å². The Labute approximate surface area is 110 Å². The fourth-order valence-electron chi connectivity index (χ4n) is 0.778. The van der Waals surface area contributed by atoms with Crippen LogP contribution in [0.2, 0.25) is 0 Å². The predicted molar refractivity (Wildman–Crippen MR) is 77.7 cm³/mol. The van der Waals surface area contributed by atoms with Gasteiger partial charge in [-0.3, -0.25) is 4.98 Å². The number of halogens is 1. The number of rotatable bonds is 0. The highest BCUT2D eigenvalue weighted by Gasteiger charge is 1.77. The van der Waals surface area contributed by atoms with Crippen LogP contribution in [0.25, 0.3) is 0 Å². The molecule has 2 nitrogen and oxygen atoms in total. The number of nitrogens with zero attached hydrogens (tertiary/aromatic N) is 1. The molecule has 0 amide bonds. The largest absolute Gasteiger partial charge is 0.399 e. The first-order valence-electron chi connectivity index (χ1n) is 6.15. The van der Waals surface area contributed by atoms with Crippen LogP contribution in [-0.4, -0.2) is 4.98 Å². The van der Waals surface area contributed by atoms with Gasteiger partial charge in [0.1, 0.15) is 5.82 Å². The molecule has 18 heavy (non-hydrogen) atoms. The lowest BCUT2D eigenvalue weighted by Crippen LogP contribution is -1.81. The van der Waals surface area contributed by atoms with Crippen LogP contribution in [-0.2, 0) is 0 Å². The molecule has 100 valence electrons. The van der Waals surface area contributed by atoms with Gasteiger partial charge in [0.25, 0.3) is 0 Å². The quantitative estimate of drug-likeness (QED) is 0.745. The number of aromatic nitrogens is 1. The summed E-state index contributed by atoms with van der Waals surface area (Å²) in [6, 6.07) is 11.4. The van der Waals surface area contributed by atoms with Crippen LogP contribution in [0.3, 0.4) is 0 Å². The molecule has 2 N–H and O–H groups in total. The normalized spacial score (nSPS) is 7.39. The summed E-state index contributed by atoms with van der Waals surface area (Å²) in [6.07, 6.45) is 3.32. The van der Waals surface area contributed by atoms with Gasteiger partial charge in [-0.1, -0.05) is 45.9 Å². The van der Waals surface area contributed by atoms with E-state index in [-0.39, 0.29) is 5.82 Å². The van der Waals surface area contributed by atoms with Crippen molar-refractivity contribution >= 4 is 5.69 Å². The summed E-state index contributed by atoms with van der Waals surface area (Å²) in [5, 5.41) is 0. The lowest BCUT2D eigenvalue weighted by molar-refractivity contribution is 0.628. The molecule has 1 heterocycles. The van der Waals surface area contributed by atoms with Gasteiger partial charge in [0.15, 0.2) is 0 Å². The Kier molecular flexibility index (Phi) is 15.5. The van der Waals surface area contributed by atoms with E-state index in [1.165, 1.54) is 12.1 Å². The molecule has 0 spiro atoms. The molecule has 0 aliphatic rings. The Morgan fingerprint density at radius 1 is 0.833 bits per heavy atom. The average Bonchev–Trinajstić information content (AvgIpc) is 2.46. The fraction of sp³-hybridized carbons (Fsp3) is 0.267. The van der Waals surface area contributed by atoms with Crippen molar-refractivity contribution in [1.82, 2.24) is 4.98 Å². The second-order valence-electron chi connectivity index (χ2n) is 2.58. The maximum atomic E-state index is 11.9. The molecule has 0 saturated carbocycles. The minimum atomic E-state index is -0.178. The monoisotopic (exact) mass is 250 g/mol. The van der Waals surface area contributed by atoms with E-state index in [2.05, 4.69) is 4.98 Å². The third-order valence-corrected chi connectivity index (χ3v) is 1.44. The number of hydrogen-bond acceptors (Lipinski definition) is 2. The molecule has 0 radical (unpaired) electrons. The average molecular weight is 250 g/mol. The summed E-state index contributed by atoms with van der Waals surface area (Å²) in [6.45, 7) is 8.00. The summed E-state index contributed by atoms with van der Waals surface area (Å²) >= 11 is 0. The van der Waals surface area contributed by atoms with Crippen LogP contribution >= 0.6 is 0 Å². The van der Waals surface area contributed by atoms with Crippen LogP contribution in [0.15, 0.2) is 54.9 Å². The van der Waals surface area contributed by atoms with Gasteiger partial charge in [0.2, 0.25) is 0 Å². The highest BCUT2D eigenvalue weighted by molar-refractivity contribution is 5.33. The molecule has 2 aromatic rings. The molecule has 0 fully saturated rings. The van der Waals surface area contributed by atoms with E-state index in [9.17, 15) is 4.39 Å². The van der Waals surface area contributed by atoms with Gasteiger partial charge >= 0.3 is 0 Å². The van der Waals surface area contributed by atoms with E-state index in [0.29, 0.717) is 0 Å². The molecule has 1 aromatic heterocycles. The van der Waals surface area contributed by atoms with Gasteiger partial charge in [0, 0.05) is 18.1 Å². The van der Waals surface area contributed by atoms with E-state index in [4.69, 9.17) is 5.73 Å². The van der Waals surface area contributed by atoms with Gasteiger partial charge in [-0.05, 0) is 24.3 Å². The molecule has 0 unspecified atom stereocenters. The van der Waals surface area contributed by atoms with Crippen LogP contribution in [0.4, 0.5) is 10.1 Å². The second-order valence-corrected chi connectivity index (χ2v) is 2.58. The van der Waals surface area contributed by atoms with Gasteiger partial charge < -0.3 is 5.73 Å². The summed E-state index contributed by atoms with van der Waals surface area (Å²) in [5.74, 6) is -0.178. The highest BCUT2D eigenvalue weighted by Crippen LogP contribution is 1.93. The van der Waals surface area contributed by atoms with Crippen LogP contribution in [0, 0.1) is 5.82 Å². The van der Waals surface area contributed by atoms with E-state index in [0.717, 1.165) is 5.69 Å². The topological polar surface area (TPSA) is 38.9 Å². The predicted octanol–water partition coefficient (Wildman–Crippen LogP) is 4.54. The van der Waals surface area contributed by atoms with Gasteiger partial charge in [-0.15, -0.1) is 0 Å². The van der Waals surface area contributed by atoms with E-state index in [1.807, 2.05) is 27.7 Å². The van der Waals surface area contributed by atoms with E-state index < -0.39 is 0 Å². The summed E-state index contributed by atoms with van der Waals surface area (Å²) in [7, 11) is 0. The highest BCUT2D eigenvalue weighted by atomic mass is 19.1. The van der Waals surface area contributed by atoms with Crippen molar-refractivity contribution in [2.45, 2.75) is 27.7 Å². The zero-order valence-corrected chi connectivity index (χ0v) is 11.6. The van der Waals surface area contributed by atoms with Crippen LogP contribution < -0.4 is 5.73 Å². The summed E-state index contributed by atoms with van der Waals surface area (Å²) in [4.78, 5) is 3.77. The maximum Gasteiger partial charge on any atom is 0.123 e. The first kappa shape index (κ1) is 18.5. The molecule has 3 heteroatoms. The van der Waals surface area contributed by atoms with Crippen molar-refractivity contribution in [2.24, 2.45) is 0 Å². The molecule has 0 bridgehead atoms.